The number of ether oxygens (including phenoxy) is 2. The average molecular weight is 571 g/mol. The Balaban J connectivity index is 1.55. The average Bonchev–Trinajstić information content (AvgIpc) is 3.12. The lowest BCUT2D eigenvalue weighted by molar-refractivity contribution is -0.121. The lowest BCUT2D eigenvalue weighted by Gasteiger charge is -2.14. The summed E-state index contributed by atoms with van der Waals surface area (Å²) < 4.78 is 25.2. The van der Waals surface area contributed by atoms with Gasteiger partial charge in [-0.3, -0.25) is 9.69 Å². The second kappa shape index (κ2) is 11.0. The van der Waals surface area contributed by atoms with E-state index >= 15 is 0 Å². The molecule has 4 rings (SSSR count). The third-order valence-corrected chi connectivity index (χ3v) is 6.84. The van der Waals surface area contributed by atoms with Crippen LogP contribution in [-0.4, -0.2) is 41.2 Å². The maximum atomic E-state index is 13.1. The number of aromatic carboxylic acids is 1. The van der Waals surface area contributed by atoms with Crippen molar-refractivity contribution in [3.8, 4) is 11.5 Å². The van der Waals surface area contributed by atoms with Crippen molar-refractivity contribution < 1.29 is 28.6 Å². The van der Waals surface area contributed by atoms with E-state index in [1.165, 1.54) is 48.0 Å². The van der Waals surface area contributed by atoms with Crippen molar-refractivity contribution in [1.29, 1.82) is 0 Å². The molecule has 0 radical (unpaired) electrons. The third kappa shape index (κ3) is 5.77. The first-order chi connectivity index (χ1) is 17.2. The summed E-state index contributed by atoms with van der Waals surface area (Å²) >= 11 is 4.72. The lowest BCUT2D eigenvalue weighted by Crippen LogP contribution is -2.23. The molecule has 1 aliphatic heterocycles. The fourth-order valence-electron chi connectivity index (χ4n) is 3.29. The number of carboxylic acids is 1. The third-order valence-electron chi connectivity index (χ3n) is 5.19. The van der Waals surface area contributed by atoms with Gasteiger partial charge in [0, 0.05) is 7.05 Å². The van der Waals surface area contributed by atoms with Crippen LogP contribution in [0.25, 0.3) is 6.08 Å². The normalized spacial score (nSPS) is 15.6. The Bertz CT molecular complexity index is 1370. The molecule has 1 amide bonds. The van der Waals surface area contributed by atoms with Gasteiger partial charge < -0.3 is 14.6 Å². The molecule has 0 unspecified atom stereocenters. The lowest BCUT2D eigenvalue weighted by atomic mass is 10.1. The Morgan fingerprint density at radius 2 is 1.86 bits per heavy atom. The van der Waals surface area contributed by atoms with Crippen molar-refractivity contribution in [2.45, 2.75) is 6.61 Å². The van der Waals surface area contributed by atoms with Crippen molar-refractivity contribution in [3.63, 3.8) is 0 Å². The summed E-state index contributed by atoms with van der Waals surface area (Å²) in [4.78, 5) is 30.2. The van der Waals surface area contributed by atoms with Crippen LogP contribution in [0.1, 0.15) is 21.5 Å². The molecule has 3 aromatic rings. The Labute approximate surface area is 219 Å². The largest absolute Gasteiger partial charge is 0.493 e. The highest BCUT2D eigenvalue weighted by Crippen LogP contribution is 2.39. The Morgan fingerprint density at radius 1 is 1.17 bits per heavy atom. The molecule has 7 nitrogen and oxygen atoms in total. The number of amidine groups is 1. The second-order valence-electron chi connectivity index (χ2n) is 7.67. The van der Waals surface area contributed by atoms with E-state index in [1.807, 2.05) is 6.07 Å². The standard InChI is InChI=1S/C26H20BrFN2O5S/c1-30-24(31)22(36-26(30)29-19-9-5-17(6-10-19)25(32)33)13-16-11-20(27)23(21(12-16)34-2)35-14-15-3-7-18(28)8-4-15/h3-13H,14H2,1-2H3,(H,32,33). The van der Waals surface area contributed by atoms with Gasteiger partial charge in [-0.05, 0) is 93.4 Å². The van der Waals surface area contributed by atoms with Gasteiger partial charge in [-0.2, -0.15) is 0 Å². The summed E-state index contributed by atoms with van der Waals surface area (Å²) in [5.74, 6) is -0.597. The molecule has 0 saturated carbocycles. The number of likely N-dealkylation sites (N-methyl/N-ethyl adjacent to an activating group) is 1. The summed E-state index contributed by atoms with van der Waals surface area (Å²) in [6.45, 7) is 0.224. The van der Waals surface area contributed by atoms with Gasteiger partial charge >= 0.3 is 5.97 Å². The zero-order valence-corrected chi connectivity index (χ0v) is 21.6. The number of carbonyl (C=O) groups is 2. The number of hydrogen-bond acceptors (Lipinski definition) is 6. The minimum Gasteiger partial charge on any atom is -0.493 e. The highest BCUT2D eigenvalue weighted by atomic mass is 79.9. The van der Waals surface area contributed by atoms with E-state index < -0.39 is 5.97 Å². The quantitative estimate of drug-likeness (QED) is 0.345. The number of nitrogens with zero attached hydrogens (tertiary/aromatic N) is 2. The fourth-order valence-corrected chi connectivity index (χ4v) is 4.85. The van der Waals surface area contributed by atoms with Crippen LogP contribution in [0.4, 0.5) is 10.1 Å². The second-order valence-corrected chi connectivity index (χ2v) is 9.53. The topological polar surface area (TPSA) is 88.4 Å². The number of thioether (sulfide) groups is 1. The predicted octanol–water partition coefficient (Wildman–Crippen LogP) is 6.11. The van der Waals surface area contributed by atoms with E-state index in [0.29, 0.717) is 37.3 Å². The number of methoxy groups -OCH3 is 1. The SMILES string of the molecule is COc1cc(C=C2SC(=Nc3ccc(C(=O)O)cc3)N(C)C2=O)cc(Br)c1OCc1ccc(F)cc1. The van der Waals surface area contributed by atoms with Crippen LogP contribution in [0.5, 0.6) is 11.5 Å². The van der Waals surface area contributed by atoms with Crippen molar-refractivity contribution >= 4 is 56.5 Å². The van der Waals surface area contributed by atoms with E-state index in [4.69, 9.17) is 14.6 Å². The maximum absolute atomic E-state index is 13.1. The van der Waals surface area contributed by atoms with Gasteiger partial charge in [0.1, 0.15) is 12.4 Å². The van der Waals surface area contributed by atoms with Gasteiger partial charge in [-0.15, -0.1) is 0 Å². The van der Waals surface area contributed by atoms with Gasteiger partial charge in [0.15, 0.2) is 16.7 Å². The Morgan fingerprint density at radius 3 is 2.50 bits per heavy atom. The summed E-state index contributed by atoms with van der Waals surface area (Å²) in [5, 5.41) is 9.52. The number of hydrogen-bond donors (Lipinski definition) is 1. The molecule has 1 N–H and O–H groups in total. The van der Waals surface area contributed by atoms with E-state index in [0.717, 1.165) is 5.56 Å². The van der Waals surface area contributed by atoms with Crippen LogP contribution >= 0.6 is 27.7 Å². The summed E-state index contributed by atoms with van der Waals surface area (Å²) in [5.41, 5.74) is 2.21. The van der Waals surface area contributed by atoms with Crippen molar-refractivity contribution in [1.82, 2.24) is 4.90 Å². The molecule has 0 spiro atoms. The van der Waals surface area contributed by atoms with E-state index in [9.17, 15) is 14.0 Å². The van der Waals surface area contributed by atoms with Gasteiger partial charge in [0.05, 0.1) is 27.7 Å². The minimum atomic E-state index is -1.02. The summed E-state index contributed by atoms with van der Waals surface area (Å²) in [6, 6.07) is 15.7. The molecule has 3 aromatic carbocycles. The molecule has 1 aliphatic rings. The highest BCUT2D eigenvalue weighted by Gasteiger charge is 2.30. The van der Waals surface area contributed by atoms with Crippen LogP contribution in [0.2, 0.25) is 0 Å². The first kappa shape index (κ1) is 25.5. The highest BCUT2D eigenvalue weighted by molar-refractivity contribution is 9.10. The summed E-state index contributed by atoms with van der Waals surface area (Å²) in [6.07, 6.45) is 1.73. The fraction of sp³-hybridized carbons (Fsp3) is 0.115. The van der Waals surface area contributed by atoms with Gasteiger partial charge in [0.2, 0.25) is 0 Å². The van der Waals surface area contributed by atoms with Crippen molar-refractivity contribution in [3.05, 3.63) is 92.5 Å². The van der Waals surface area contributed by atoms with Crippen molar-refractivity contribution in [2.75, 3.05) is 14.2 Å². The van der Waals surface area contributed by atoms with Crippen LogP contribution in [0.3, 0.4) is 0 Å². The van der Waals surface area contributed by atoms with Gasteiger partial charge in [0.25, 0.3) is 5.91 Å². The number of benzene rings is 3. The molecule has 1 heterocycles. The van der Waals surface area contributed by atoms with Crippen LogP contribution in [0.15, 0.2) is 75.0 Å². The number of halogens is 2. The molecule has 0 aromatic heterocycles. The first-order valence-electron chi connectivity index (χ1n) is 10.6. The number of rotatable bonds is 7. The zero-order valence-electron chi connectivity index (χ0n) is 19.2. The smallest absolute Gasteiger partial charge is 0.335 e. The summed E-state index contributed by atoms with van der Waals surface area (Å²) in [7, 11) is 3.15. The molecule has 1 saturated heterocycles. The van der Waals surface area contributed by atoms with Crippen LogP contribution < -0.4 is 9.47 Å². The molecular formula is C26H20BrFN2O5S. The molecule has 0 atom stereocenters. The molecule has 1 fully saturated rings. The predicted molar refractivity (Wildman–Crippen MR) is 140 cm³/mol. The first-order valence-corrected chi connectivity index (χ1v) is 12.2. The number of carboxylic acid groups (broad SMARTS) is 1. The molecule has 0 aliphatic carbocycles. The van der Waals surface area contributed by atoms with Gasteiger partial charge in [-0.25, -0.2) is 14.2 Å². The number of carbonyl (C=O) groups excluding carboxylic acids is 1. The van der Waals surface area contributed by atoms with Gasteiger partial charge in [-0.1, -0.05) is 12.1 Å². The van der Waals surface area contributed by atoms with Crippen LogP contribution in [-0.2, 0) is 11.4 Å². The maximum Gasteiger partial charge on any atom is 0.335 e. The molecule has 36 heavy (non-hydrogen) atoms. The number of aliphatic imine (C=N–C) groups is 1. The molecule has 184 valence electrons. The van der Waals surface area contributed by atoms with E-state index in [2.05, 4.69) is 20.9 Å². The van der Waals surface area contributed by atoms with E-state index in [1.54, 1.807) is 43.5 Å². The number of amides is 1. The minimum absolute atomic E-state index is 0.160. The monoisotopic (exact) mass is 570 g/mol. The van der Waals surface area contributed by atoms with Crippen LogP contribution in [0, 0.1) is 5.82 Å². The molecular weight excluding hydrogens is 551 g/mol. The molecule has 10 heteroatoms. The Hall–Kier alpha value is -3.63. The zero-order chi connectivity index (χ0) is 25.8. The molecule has 0 bridgehead atoms. The van der Waals surface area contributed by atoms with Crippen molar-refractivity contribution in [2.24, 2.45) is 4.99 Å². The Kier molecular flexibility index (Phi) is 7.76. The van der Waals surface area contributed by atoms with E-state index in [-0.39, 0.29) is 23.9 Å².